The molecule has 0 aliphatic carbocycles. The molecule has 0 saturated carbocycles. The molecular weight excluding hydrogens is 221 g/mol. The van der Waals surface area contributed by atoms with Gasteiger partial charge in [0.15, 0.2) is 0 Å². The smallest absolute Gasteiger partial charge is 0.313 e. The van der Waals surface area contributed by atoms with Gasteiger partial charge < -0.3 is 10.2 Å². The Bertz CT molecular complexity index is 165. The van der Waals surface area contributed by atoms with Crippen LogP contribution < -0.4 is 5.32 Å². The zero-order chi connectivity index (χ0) is 12.4. The lowest BCUT2D eigenvalue weighted by atomic mass is 10.4. The predicted molar refractivity (Wildman–Crippen MR) is 57.3 cm³/mol. The molecule has 3 nitrogen and oxygen atoms in total. The first-order valence-electron chi connectivity index (χ1n) is 5.63. The fraction of sp³-hybridized carbons (Fsp3) is 1.00. The highest BCUT2D eigenvalue weighted by Gasteiger charge is 2.28. The van der Waals surface area contributed by atoms with Crippen LogP contribution in [0.25, 0.3) is 0 Å². The van der Waals surface area contributed by atoms with Crippen molar-refractivity contribution in [1.29, 1.82) is 0 Å². The largest absolute Gasteiger partial charge is 0.522 e. The number of alkyl halides is 3. The summed E-state index contributed by atoms with van der Waals surface area (Å²) in [5, 5.41) is 2.91. The Morgan fingerprint density at radius 2 is 1.81 bits per heavy atom. The molecule has 0 unspecified atom stereocenters. The second kappa shape index (κ2) is 8.78. The van der Waals surface area contributed by atoms with Gasteiger partial charge in [0.05, 0.1) is 6.61 Å². The minimum absolute atomic E-state index is 0.225. The summed E-state index contributed by atoms with van der Waals surface area (Å²) in [6.45, 7) is 7.61. The van der Waals surface area contributed by atoms with Crippen molar-refractivity contribution in [2.24, 2.45) is 0 Å². The molecule has 1 N–H and O–H groups in total. The molecule has 6 heteroatoms. The van der Waals surface area contributed by atoms with Gasteiger partial charge in [-0.15, -0.1) is 13.2 Å². The highest BCUT2D eigenvalue weighted by Crippen LogP contribution is 2.14. The average molecular weight is 242 g/mol. The van der Waals surface area contributed by atoms with Crippen LogP contribution in [0.5, 0.6) is 0 Å². The summed E-state index contributed by atoms with van der Waals surface area (Å²) in [5.74, 6) is 0. The van der Waals surface area contributed by atoms with Gasteiger partial charge in [0.1, 0.15) is 0 Å². The van der Waals surface area contributed by atoms with E-state index in [9.17, 15) is 13.2 Å². The van der Waals surface area contributed by atoms with E-state index in [1.54, 1.807) is 0 Å². The van der Waals surface area contributed by atoms with Crippen LogP contribution in [0.2, 0.25) is 0 Å². The third-order valence-corrected chi connectivity index (χ3v) is 2.14. The Balaban J connectivity index is 3.32. The van der Waals surface area contributed by atoms with Crippen molar-refractivity contribution >= 4 is 0 Å². The van der Waals surface area contributed by atoms with Crippen LogP contribution in [-0.2, 0) is 4.74 Å². The van der Waals surface area contributed by atoms with Gasteiger partial charge in [0, 0.05) is 19.6 Å². The van der Waals surface area contributed by atoms with Crippen LogP contribution in [0, 0.1) is 0 Å². The molecule has 0 radical (unpaired) electrons. The lowest BCUT2D eigenvalue weighted by Crippen LogP contribution is -2.34. The summed E-state index contributed by atoms with van der Waals surface area (Å²) < 4.78 is 38.4. The second-order valence-corrected chi connectivity index (χ2v) is 3.48. The van der Waals surface area contributed by atoms with Gasteiger partial charge in [-0.25, -0.2) is 0 Å². The van der Waals surface area contributed by atoms with Crippen molar-refractivity contribution in [2.75, 3.05) is 39.3 Å². The molecule has 0 saturated heterocycles. The van der Waals surface area contributed by atoms with Crippen molar-refractivity contribution in [1.82, 2.24) is 10.2 Å². The van der Waals surface area contributed by atoms with E-state index in [0.717, 1.165) is 26.1 Å². The lowest BCUT2D eigenvalue weighted by Gasteiger charge is -2.19. The maximum absolute atomic E-state index is 11.6. The Kier molecular flexibility index (Phi) is 8.60. The molecule has 0 aliphatic rings. The molecular formula is C10H21F3N2O. The molecule has 0 rings (SSSR count). The Hall–Kier alpha value is -0.330. The third-order valence-electron chi connectivity index (χ3n) is 2.14. The number of nitrogens with zero attached hydrogens (tertiary/aromatic N) is 1. The van der Waals surface area contributed by atoms with E-state index in [2.05, 4.69) is 28.8 Å². The molecule has 0 heterocycles. The van der Waals surface area contributed by atoms with E-state index < -0.39 is 6.36 Å². The monoisotopic (exact) mass is 242 g/mol. The zero-order valence-electron chi connectivity index (χ0n) is 9.94. The highest BCUT2D eigenvalue weighted by molar-refractivity contribution is 4.56. The van der Waals surface area contributed by atoms with Crippen LogP contribution in [0.15, 0.2) is 0 Å². The van der Waals surface area contributed by atoms with Gasteiger partial charge in [-0.05, 0) is 19.5 Å². The summed E-state index contributed by atoms with van der Waals surface area (Å²) >= 11 is 0. The summed E-state index contributed by atoms with van der Waals surface area (Å²) in [5.41, 5.74) is 0. The minimum atomic E-state index is -4.51. The minimum Gasteiger partial charge on any atom is -0.313 e. The first kappa shape index (κ1) is 15.7. The summed E-state index contributed by atoms with van der Waals surface area (Å²) in [6.07, 6.45) is -3.43. The molecule has 0 bridgehead atoms. The molecule has 98 valence electrons. The van der Waals surface area contributed by atoms with E-state index in [-0.39, 0.29) is 13.2 Å². The number of ether oxygens (including phenoxy) is 1. The molecule has 0 fully saturated rings. The molecule has 0 amide bonds. The van der Waals surface area contributed by atoms with Crippen molar-refractivity contribution in [3.63, 3.8) is 0 Å². The van der Waals surface area contributed by atoms with Crippen LogP contribution in [0.3, 0.4) is 0 Å². The highest BCUT2D eigenvalue weighted by atomic mass is 19.4. The zero-order valence-corrected chi connectivity index (χ0v) is 9.94. The molecule has 0 spiro atoms. The van der Waals surface area contributed by atoms with Crippen molar-refractivity contribution in [2.45, 2.75) is 26.6 Å². The lowest BCUT2D eigenvalue weighted by molar-refractivity contribution is -0.323. The Morgan fingerprint density at radius 1 is 1.12 bits per heavy atom. The predicted octanol–water partition coefficient (Wildman–Crippen LogP) is 1.84. The molecule has 0 aliphatic heterocycles. The Morgan fingerprint density at radius 3 is 2.31 bits per heavy atom. The van der Waals surface area contributed by atoms with E-state index in [1.807, 2.05) is 0 Å². The molecule has 0 atom stereocenters. The van der Waals surface area contributed by atoms with Gasteiger partial charge in [-0.1, -0.05) is 13.8 Å². The van der Waals surface area contributed by atoms with Crippen LogP contribution in [-0.4, -0.2) is 50.6 Å². The SMILES string of the molecule is CCCN(CC)CCNCCOC(F)(F)F. The van der Waals surface area contributed by atoms with Gasteiger partial charge in [0.2, 0.25) is 0 Å². The first-order chi connectivity index (χ1) is 7.49. The van der Waals surface area contributed by atoms with Crippen molar-refractivity contribution < 1.29 is 17.9 Å². The summed E-state index contributed by atoms with van der Waals surface area (Å²) in [7, 11) is 0. The number of hydrogen-bond acceptors (Lipinski definition) is 3. The number of rotatable bonds is 9. The second-order valence-electron chi connectivity index (χ2n) is 3.48. The normalized spacial score (nSPS) is 12.4. The van der Waals surface area contributed by atoms with E-state index in [0.29, 0.717) is 6.54 Å². The van der Waals surface area contributed by atoms with Crippen LogP contribution >= 0.6 is 0 Å². The van der Waals surface area contributed by atoms with Gasteiger partial charge in [-0.3, -0.25) is 4.74 Å². The summed E-state index contributed by atoms with van der Waals surface area (Å²) in [6, 6.07) is 0. The standard InChI is InChI=1S/C10H21F3N2O/c1-3-7-15(4-2)8-5-14-6-9-16-10(11,12)13/h14H,3-9H2,1-2H3. The van der Waals surface area contributed by atoms with Gasteiger partial charge >= 0.3 is 6.36 Å². The van der Waals surface area contributed by atoms with Gasteiger partial charge in [0.25, 0.3) is 0 Å². The number of nitrogens with one attached hydrogen (secondary N) is 1. The van der Waals surface area contributed by atoms with Crippen LogP contribution in [0.4, 0.5) is 13.2 Å². The fourth-order valence-corrected chi connectivity index (χ4v) is 1.35. The average Bonchev–Trinajstić information content (AvgIpc) is 2.20. The van der Waals surface area contributed by atoms with E-state index in [1.165, 1.54) is 0 Å². The maximum atomic E-state index is 11.6. The molecule has 16 heavy (non-hydrogen) atoms. The van der Waals surface area contributed by atoms with Crippen molar-refractivity contribution in [3.05, 3.63) is 0 Å². The Labute approximate surface area is 94.9 Å². The van der Waals surface area contributed by atoms with Gasteiger partial charge in [-0.2, -0.15) is 0 Å². The number of likely N-dealkylation sites (N-methyl/N-ethyl adjacent to an activating group) is 1. The fourth-order valence-electron chi connectivity index (χ4n) is 1.35. The van der Waals surface area contributed by atoms with Crippen molar-refractivity contribution in [3.8, 4) is 0 Å². The van der Waals surface area contributed by atoms with Crippen LogP contribution in [0.1, 0.15) is 20.3 Å². The number of halogens is 3. The van der Waals surface area contributed by atoms with E-state index >= 15 is 0 Å². The molecule has 0 aromatic carbocycles. The van der Waals surface area contributed by atoms with E-state index in [4.69, 9.17) is 0 Å². The topological polar surface area (TPSA) is 24.5 Å². The first-order valence-corrected chi connectivity index (χ1v) is 5.63. The maximum Gasteiger partial charge on any atom is 0.522 e. The molecule has 0 aromatic rings. The number of hydrogen-bond donors (Lipinski definition) is 1. The summed E-state index contributed by atoms with van der Waals surface area (Å²) in [4.78, 5) is 2.25. The quantitative estimate of drug-likeness (QED) is 0.624. The molecule has 0 aromatic heterocycles. The third kappa shape index (κ3) is 10.2.